The predicted molar refractivity (Wildman–Crippen MR) is 65.8 cm³/mol. The zero-order chi connectivity index (χ0) is 13.0. The van der Waals surface area contributed by atoms with E-state index in [0.29, 0.717) is 10.6 Å². The Morgan fingerprint density at radius 3 is 2.59 bits per heavy atom. The van der Waals surface area contributed by atoms with Crippen LogP contribution in [0.1, 0.15) is 24.2 Å². The molecule has 0 spiro atoms. The summed E-state index contributed by atoms with van der Waals surface area (Å²) in [4.78, 5) is 10.7. The van der Waals surface area contributed by atoms with E-state index in [9.17, 15) is 15.0 Å². The number of aliphatic hydroxyl groups excluding tert-OH is 2. The third-order valence-electron chi connectivity index (χ3n) is 2.33. The largest absolute Gasteiger partial charge is 0.388 e. The SMILES string of the molecule is CC(=O)NCC(O)C(O)c1cc(C)cc(Cl)c1. The highest BCUT2D eigenvalue weighted by atomic mass is 35.5. The van der Waals surface area contributed by atoms with E-state index in [4.69, 9.17) is 11.6 Å². The molecule has 17 heavy (non-hydrogen) atoms. The van der Waals surface area contributed by atoms with Crippen LogP contribution in [0.15, 0.2) is 18.2 Å². The molecule has 1 rings (SSSR count). The molecule has 1 aromatic carbocycles. The van der Waals surface area contributed by atoms with Gasteiger partial charge in [0.2, 0.25) is 5.91 Å². The first-order chi connectivity index (χ1) is 7.90. The van der Waals surface area contributed by atoms with Gasteiger partial charge in [0.25, 0.3) is 0 Å². The number of aryl methyl sites for hydroxylation is 1. The van der Waals surface area contributed by atoms with Crippen molar-refractivity contribution in [2.75, 3.05) is 6.54 Å². The number of carbonyl (C=O) groups excluding carboxylic acids is 1. The van der Waals surface area contributed by atoms with E-state index in [1.54, 1.807) is 18.2 Å². The van der Waals surface area contributed by atoms with E-state index in [0.717, 1.165) is 5.56 Å². The summed E-state index contributed by atoms with van der Waals surface area (Å²) in [5.74, 6) is -0.251. The van der Waals surface area contributed by atoms with Gasteiger partial charge in [-0.2, -0.15) is 0 Å². The number of aliphatic hydroxyl groups is 2. The average Bonchev–Trinajstić information content (AvgIpc) is 2.23. The van der Waals surface area contributed by atoms with Crippen LogP contribution in [0.3, 0.4) is 0 Å². The summed E-state index contributed by atoms with van der Waals surface area (Å²) in [5.41, 5.74) is 1.44. The maximum absolute atomic E-state index is 10.7. The van der Waals surface area contributed by atoms with Gasteiger partial charge in [-0.05, 0) is 30.2 Å². The van der Waals surface area contributed by atoms with Crippen LogP contribution < -0.4 is 5.32 Å². The standard InChI is InChI=1S/C12H16ClNO3/c1-7-3-9(5-10(13)4-7)12(17)11(16)6-14-8(2)15/h3-5,11-12,16-17H,6H2,1-2H3,(H,14,15). The summed E-state index contributed by atoms with van der Waals surface area (Å²) in [7, 11) is 0. The molecule has 3 N–H and O–H groups in total. The van der Waals surface area contributed by atoms with E-state index in [2.05, 4.69) is 5.32 Å². The first kappa shape index (κ1) is 14.0. The lowest BCUT2D eigenvalue weighted by Crippen LogP contribution is -2.34. The van der Waals surface area contributed by atoms with Crippen molar-refractivity contribution in [1.82, 2.24) is 5.32 Å². The molecule has 0 heterocycles. The zero-order valence-corrected chi connectivity index (χ0v) is 10.5. The Bertz CT molecular complexity index is 388. The third-order valence-corrected chi connectivity index (χ3v) is 2.55. The molecule has 2 unspecified atom stereocenters. The van der Waals surface area contributed by atoms with Crippen LogP contribution in [0, 0.1) is 6.92 Å². The number of hydrogen-bond acceptors (Lipinski definition) is 3. The predicted octanol–water partition coefficient (Wildman–Crippen LogP) is 1.18. The van der Waals surface area contributed by atoms with Crippen molar-refractivity contribution >= 4 is 17.5 Å². The molecule has 0 aromatic heterocycles. The van der Waals surface area contributed by atoms with Gasteiger partial charge in [-0.1, -0.05) is 17.7 Å². The Morgan fingerprint density at radius 2 is 2.06 bits per heavy atom. The van der Waals surface area contributed by atoms with Crippen molar-refractivity contribution in [3.05, 3.63) is 34.3 Å². The monoisotopic (exact) mass is 257 g/mol. The molecule has 0 bridgehead atoms. The number of carbonyl (C=O) groups is 1. The lowest BCUT2D eigenvalue weighted by Gasteiger charge is -2.19. The minimum Gasteiger partial charge on any atom is -0.388 e. The van der Waals surface area contributed by atoms with Crippen LogP contribution in [-0.4, -0.2) is 28.8 Å². The van der Waals surface area contributed by atoms with Gasteiger partial charge in [-0.3, -0.25) is 4.79 Å². The fourth-order valence-corrected chi connectivity index (χ4v) is 1.82. The Balaban J connectivity index is 2.73. The van der Waals surface area contributed by atoms with Crippen LogP contribution >= 0.6 is 11.6 Å². The summed E-state index contributed by atoms with van der Waals surface area (Å²) in [6, 6.07) is 5.10. The van der Waals surface area contributed by atoms with Crippen molar-refractivity contribution in [2.24, 2.45) is 0 Å². The quantitative estimate of drug-likeness (QED) is 0.759. The topological polar surface area (TPSA) is 69.6 Å². The maximum Gasteiger partial charge on any atom is 0.216 e. The van der Waals surface area contributed by atoms with Crippen molar-refractivity contribution < 1.29 is 15.0 Å². The zero-order valence-electron chi connectivity index (χ0n) is 9.77. The minimum absolute atomic E-state index is 0.00204. The van der Waals surface area contributed by atoms with E-state index in [1.165, 1.54) is 6.92 Å². The molecule has 0 aliphatic carbocycles. The lowest BCUT2D eigenvalue weighted by atomic mass is 10.0. The molecule has 1 aromatic rings. The fraction of sp³-hybridized carbons (Fsp3) is 0.417. The van der Waals surface area contributed by atoms with E-state index in [1.807, 2.05) is 6.92 Å². The van der Waals surface area contributed by atoms with Gasteiger partial charge in [0.1, 0.15) is 12.2 Å². The number of amides is 1. The molecule has 0 saturated carbocycles. The van der Waals surface area contributed by atoms with Gasteiger partial charge in [0.15, 0.2) is 0 Å². The van der Waals surface area contributed by atoms with E-state index >= 15 is 0 Å². The van der Waals surface area contributed by atoms with Crippen molar-refractivity contribution in [1.29, 1.82) is 0 Å². The van der Waals surface area contributed by atoms with Crippen molar-refractivity contribution in [3.63, 3.8) is 0 Å². The number of benzene rings is 1. The summed E-state index contributed by atoms with van der Waals surface area (Å²) in [6.45, 7) is 3.20. The second-order valence-corrected chi connectivity index (χ2v) is 4.45. The molecular formula is C12H16ClNO3. The van der Waals surface area contributed by atoms with Crippen LogP contribution in [-0.2, 0) is 4.79 Å². The van der Waals surface area contributed by atoms with Gasteiger partial charge in [0, 0.05) is 18.5 Å². The van der Waals surface area contributed by atoms with Gasteiger partial charge in [-0.15, -0.1) is 0 Å². The van der Waals surface area contributed by atoms with Gasteiger partial charge in [0.05, 0.1) is 0 Å². The summed E-state index contributed by atoms with van der Waals surface area (Å²) in [5, 5.41) is 22.5. The van der Waals surface area contributed by atoms with Gasteiger partial charge in [-0.25, -0.2) is 0 Å². The first-order valence-corrected chi connectivity index (χ1v) is 5.65. The van der Waals surface area contributed by atoms with Gasteiger partial charge >= 0.3 is 0 Å². The Labute approximate surface area is 105 Å². The average molecular weight is 258 g/mol. The molecule has 94 valence electrons. The smallest absolute Gasteiger partial charge is 0.216 e. The number of nitrogens with one attached hydrogen (secondary N) is 1. The van der Waals surface area contributed by atoms with Crippen LogP contribution in [0.4, 0.5) is 0 Å². The minimum atomic E-state index is -1.07. The third kappa shape index (κ3) is 4.34. The molecule has 0 saturated heterocycles. The normalized spacial score (nSPS) is 14.2. The second kappa shape index (κ2) is 6.00. The van der Waals surface area contributed by atoms with Crippen molar-refractivity contribution in [3.8, 4) is 0 Å². The molecule has 0 aliphatic rings. The maximum atomic E-state index is 10.7. The van der Waals surface area contributed by atoms with E-state index < -0.39 is 12.2 Å². The number of hydrogen-bond donors (Lipinski definition) is 3. The molecule has 2 atom stereocenters. The Kier molecular flexibility index (Phi) is 4.93. The molecule has 0 aliphatic heterocycles. The lowest BCUT2D eigenvalue weighted by molar-refractivity contribution is -0.119. The molecule has 0 fully saturated rings. The number of rotatable bonds is 4. The molecule has 0 radical (unpaired) electrons. The Hall–Kier alpha value is -1.10. The van der Waals surface area contributed by atoms with Crippen LogP contribution in [0.5, 0.6) is 0 Å². The second-order valence-electron chi connectivity index (χ2n) is 4.01. The highest BCUT2D eigenvalue weighted by Crippen LogP contribution is 2.22. The van der Waals surface area contributed by atoms with E-state index in [-0.39, 0.29) is 12.5 Å². The van der Waals surface area contributed by atoms with Crippen LogP contribution in [0.25, 0.3) is 0 Å². The highest BCUT2D eigenvalue weighted by Gasteiger charge is 2.19. The van der Waals surface area contributed by atoms with Gasteiger partial charge < -0.3 is 15.5 Å². The highest BCUT2D eigenvalue weighted by molar-refractivity contribution is 6.30. The van der Waals surface area contributed by atoms with Crippen molar-refractivity contribution in [2.45, 2.75) is 26.1 Å². The number of halogens is 1. The molecule has 1 amide bonds. The summed E-state index contributed by atoms with van der Waals surface area (Å²) in [6.07, 6.45) is -2.13. The fourth-order valence-electron chi connectivity index (χ4n) is 1.52. The summed E-state index contributed by atoms with van der Waals surface area (Å²) >= 11 is 5.86. The molecular weight excluding hydrogens is 242 g/mol. The first-order valence-electron chi connectivity index (χ1n) is 5.28. The molecule has 4 nitrogen and oxygen atoms in total. The van der Waals surface area contributed by atoms with Crippen LogP contribution in [0.2, 0.25) is 5.02 Å². The molecule has 5 heteroatoms. The summed E-state index contributed by atoms with van der Waals surface area (Å²) < 4.78 is 0. The Morgan fingerprint density at radius 1 is 1.41 bits per heavy atom.